The number of hydrogen-bond acceptors (Lipinski definition) is 1. The van der Waals surface area contributed by atoms with E-state index in [-0.39, 0.29) is 7.92 Å². The van der Waals surface area contributed by atoms with E-state index in [1.165, 1.54) is 5.44 Å². The maximum absolute atomic E-state index is 4.21. The normalized spacial score (nSPS) is 10.1. The van der Waals surface area contributed by atoms with E-state index in [0.29, 0.717) is 0 Å². The highest BCUT2D eigenvalue weighted by atomic mass is 31.1. The van der Waals surface area contributed by atoms with Gasteiger partial charge in [-0.2, -0.15) is 0 Å². The van der Waals surface area contributed by atoms with Gasteiger partial charge in [0.1, 0.15) is 0 Å². The molecule has 1 aromatic rings. The fourth-order valence-corrected chi connectivity index (χ4v) is 1.30. The Hall–Kier alpha value is -0.420. The van der Waals surface area contributed by atoms with Gasteiger partial charge in [-0.3, -0.25) is 4.98 Å². The lowest BCUT2D eigenvalue weighted by Crippen LogP contribution is -2.01. The SMILES string of the molecule is CP(C)c1ccccn1. The predicted molar refractivity (Wildman–Crippen MR) is 42.6 cm³/mol. The first-order valence-corrected chi connectivity index (χ1v) is 5.12. The average Bonchev–Trinajstić information content (AvgIpc) is 1.90. The van der Waals surface area contributed by atoms with Crippen molar-refractivity contribution in [1.82, 2.24) is 4.98 Å². The summed E-state index contributed by atoms with van der Waals surface area (Å²) in [6.07, 6.45) is 1.84. The van der Waals surface area contributed by atoms with Crippen molar-refractivity contribution in [2.24, 2.45) is 0 Å². The molecule has 0 radical (unpaired) electrons. The summed E-state index contributed by atoms with van der Waals surface area (Å²) < 4.78 is 0. The molecule has 0 atom stereocenters. The summed E-state index contributed by atoms with van der Waals surface area (Å²) in [6.45, 7) is 4.41. The number of rotatable bonds is 1. The van der Waals surface area contributed by atoms with Gasteiger partial charge in [-0.25, -0.2) is 0 Å². The Kier molecular flexibility index (Phi) is 2.18. The van der Waals surface area contributed by atoms with Crippen LogP contribution in [0, 0.1) is 0 Å². The minimum Gasteiger partial charge on any atom is -0.257 e. The molecule has 0 bridgehead atoms. The molecule has 2 heteroatoms. The second-order valence-corrected chi connectivity index (χ2v) is 4.33. The zero-order valence-electron chi connectivity index (χ0n) is 5.70. The number of aromatic nitrogens is 1. The molecule has 0 saturated carbocycles. The van der Waals surface area contributed by atoms with Crippen LogP contribution in [0.2, 0.25) is 0 Å². The van der Waals surface area contributed by atoms with Gasteiger partial charge in [0.2, 0.25) is 0 Å². The Labute approximate surface area is 56.9 Å². The van der Waals surface area contributed by atoms with Crippen molar-refractivity contribution in [3.63, 3.8) is 0 Å². The van der Waals surface area contributed by atoms with Crippen molar-refractivity contribution < 1.29 is 0 Å². The number of hydrogen-bond donors (Lipinski definition) is 0. The fraction of sp³-hybridized carbons (Fsp3) is 0.286. The molecule has 0 saturated heterocycles. The second-order valence-electron chi connectivity index (χ2n) is 2.08. The fourth-order valence-electron chi connectivity index (χ4n) is 0.618. The molecule has 0 aliphatic carbocycles. The van der Waals surface area contributed by atoms with Crippen molar-refractivity contribution >= 4 is 13.4 Å². The third-order valence-electron chi connectivity index (χ3n) is 1.11. The lowest BCUT2D eigenvalue weighted by Gasteiger charge is -2.01. The van der Waals surface area contributed by atoms with Gasteiger partial charge in [-0.15, -0.1) is 0 Å². The monoisotopic (exact) mass is 139 g/mol. The Balaban J connectivity index is 2.85. The zero-order chi connectivity index (χ0) is 6.69. The number of pyridine rings is 1. The van der Waals surface area contributed by atoms with Crippen LogP contribution in [-0.4, -0.2) is 18.3 Å². The van der Waals surface area contributed by atoms with Gasteiger partial charge in [0.05, 0.1) is 5.44 Å². The van der Waals surface area contributed by atoms with E-state index in [1.54, 1.807) is 0 Å². The molecule has 9 heavy (non-hydrogen) atoms. The topological polar surface area (TPSA) is 12.9 Å². The summed E-state index contributed by atoms with van der Waals surface area (Å²) >= 11 is 0. The summed E-state index contributed by atoms with van der Waals surface area (Å²) in [6, 6.07) is 6.05. The molecule has 0 aliphatic heterocycles. The van der Waals surface area contributed by atoms with Gasteiger partial charge in [0.25, 0.3) is 0 Å². The van der Waals surface area contributed by atoms with E-state index in [2.05, 4.69) is 24.4 Å². The summed E-state index contributed by atoms with van der Waals surface area (Å²) in [4.78, 5) is 4.21. The smallest absolute Gasteiger partial charge is 0.0625 e. The third-order valence-corrected chi connectivity index (χ3v) is 2.29. The van der Waals surface area contributed by atoms with E-state index in [9.17, 15) is 0 Å². The van der Waals surface area contributed by atoms with Gasteiger partial charge in [-0.1, -0.05) is 14.0 Å². The van der Waals surface area contributed by atoms with Crippen molar-refractivity contribution in [3.05, 3.63) is 24.4 Å². The predicted octanol–water partition coefficient (Wildman–Crippen LogP) is 1.45. The van der Waals surface area contributed by atoms with Gasteiger partial charge >= 0.3 is 0 Å². The van der Waals surface area contributed by atoms with Crippen molar-refractivity contribution in [2.75, 3.05) is 13.3 Å². The highest BCUT2D eigenvalue weighted by molar-refractivity contribution is 7.63. The molecule has 1 nitrogen and oxygen atoms in total. The first kappa shape index (κ1) is 6.70. The molecule has 1 aromatic heterocycles. The molecule has 0 aliphatic rings. The van der Waals surface area contributed by atoms with Crippen molar-refractivity contribution in [1.29, 1.82) is 0 Å². The average molecular weight is 139 g/mol. The van der Waals surface area contributed by atoms with Gasteiger partial charge in [0, 0.05) is 6.20 Å². The van der Waals surface area contributed by atoms with Crippen LogP contribution in [-0.2, 0) is 0 Å². The van der Waals surface area contributed by atoms with E-state index in [4.69, 9.17) is 0 Å². The second kappa shape index (κ2) is 2.93. The third kappa shape index (κ3) is 1.76. The standard InChI is InChI=1S/C7H10NP/c1-9(2)7-5-3-4-6-8-7/h3-6H,1-2H3. The van der Waals surface area contributed by atoms with Gasteiger partial charge in [-0.05, 0) is 25.5 Å². The summed E-state index contributed by atoms with van der Waals surface area (Å²) in [7, 11) is -0.00669. The number of nitrogens with zero attached hydrogens (tertiary/aromatic N) is 1. The van der Waals surface area contributed by atoms with E-state index in [1.807, 2.05) is 18.3 Å². The maximum atomic E-state index is 4.21. The Morgan fingerprint density at radius 1 is 1.33 bits per heavy atom. The van der Waals surface area contributed by atoms with Gasteiger partial charge in [0.15, 0.2) is 0 Å². The zero-order valence-corrected chi connectivity index (χ0v) is 6.60. The molecule has 0 aromatic carbocycles. The summed E-state index contributed by atoms with van der Waals surface area (Å²) in [5.74, 6) is 0. The van der Waals surface area contributed by atoms with Crippen molar-refractivity contribution in [3.8, 4) is 0 Å². The van der Waals surface area contributed by atoms with E-state index in [0.717, 1.165) is 0 Å². The highest BCUT2D eigenvalue weighted by Gasteiger charge is 1.94. The van der Waals surface area contributed by atoms with Crippen LogP contribution in [0.4, 0.5) is 0 Å². The minimum atomic E-state index is -0.00669. The summed E-state index contributed by atoms with van der Waals surface area (Å²) in [5, 5.41) is 0. The molecule has 0 unspecified atom stereocenters. The van der Waals surface area contributed by atoms with Crippen LogP contribution in [0.3, 0.4) is 0 Å². The Morgan fingerprint density at radius 2 is 2.11 bits per heavy atom. The quantitative estimate of drug-likeness (QED) is 0.536. The molecule has 0 amide bonds. The maximum Gasteiger partial charge on any atom is 0.0625 e. The van der Waals surface area contributed by atoms with Crippen LogP contribution in [0.5, 0.6) is 0 Å². The molecular weight excluding hydrogens is 129 g/mol. The minimum absolute atomic E-state index is 0.00669. The molecule has 48 valence electrons. The van der Waals surface area contributed by atoms with Crippen LogP contribution < -0.4 is 5.44 Å². The largest absolute Gasteiger partial charge is 0.257 e. The van der Waals surface area contributed by atoms with Crippen LogP contribution >= 0.6 is 7.92 Å². The Morgan fingerprint density at radius 3 is 2.44 bits per heavy atom. The molecular formula is C7H10NP. The molecule has 0 fully saturated rings. The highest BCUT2D eigenvalue weighted by Crippen LogP contribution is 2.20. The molecule has 0 spiro atoms. The molecule has 1 heterocycles. The first-order valence-electron chi connectivity index (χ1n) is 2.89. The lowest BCUT2D eigenvalue weighted by atomic mass is 10.5. The van der Waals surface area contributed by atoms with Crippen LogP contribution in [0.15, 0.2) is 24.4 Å². The Bertz CT molecular complexity index is 172. The van der Waals surface area contributed by atoms with Gasteiger partial charge < -0.3 is 0 Å². The first-order chi connectivity index (χ1) is 4.30. The van der Waals surface area contributed by atoms with E-state index < -0.39 is 0 Å². The summed E-state index contributed by atoms with van der Waals surface area (Å²) in [5.41, 5.74) is 1.23. The van der Waals surface area contributed by atoms with Crippen LogP contribution in [0.1, 0.15) is 0 Å². The lowest BCUT2D eigenvalue weighted by molar-refractivity contribution is 1.39. The molecule has 1 rings (SSSR count). The van der Waals surface area contributed by atoms with E-state index >= 15 is 0 Å². The molecule has 0 N–H and O–H groups in total. The van der Waals surface area contributed by atoms with Crippen molar-refractivity contribution in [2.45, 2.75) is 0 Å². The van der Waals surface area contributed by atoms with Crippen LogP contribution in [0.25, 0.3) is 0 Å².